The minimum atomic E-state index is 0.284. The average molecular weight is 246 g/mol. The van der Waals surface area contributed by atoms with Gasteiger partial charge in [0.25, 0.3) is 0 Å². The van der Waals surface area contributed by atoms with Crippen LogP contribution in [0.1, 0.15) is 24.0 Å². The summed E-state index contributed by atoms with van der Waals surface area (Å²) < 4.78 is 0. The molecule has 0 aliphatic carbocycles. The van der Waals surface area contributed by atoms with Crippen molar-refractivity contribution in [2.24, 2.45) is 0 Å². The third kappa shape index (κ3) is 2.82. The van der Waals surface area contributed by atoms with Gasteiger partial charge in [0.1, 0.15) is 0 Å². The number of hydrogen-bond acceptors (Lipinski definition) is 2. The molecule has 0 amide bonds. The Morgan fingerprint density at radius 1 is 0.882 bits per heavy atom. The van der Waals surface area contributed by atoms with Gasteiger partial charge in [0, 0.05) is 12.4 Å². The van der Waals surface area contributed by atoms with Crippen LogP contribution in [0.5, 0.6) is 0 Å². The SMILES string of the molecule is OCCCCc1cccc2c(CS)cccc12. The van der Waals surface area contributed by atoms with Gasteiger partial charge in [-0.1, -0.05) is 36.4 Å². The van der Waals surface area contributed by atoms with Crippen LogP contribution >= 0.6 is 12.6 Å². The van der Waals surface area contributed by atoms with Crippen LogP contribution in [0.2, 0.25) is 0 Å². The van der Waals surface area contributed by atoms with Crippen LogP contribution in [0.3, 0.4) is 0 Å². The molecule has 2 heteroatoms. The summed E-state index contributed by atoms with van der Waals surface area (Å²) in [6.07, 6.45) is 2.96. The van der Waals surface area contributed by atoms with E-state index >= 15 is 0 Å². The van der Waals surface area contributed by atoms with Crippen LogP contribution in [0.4, 0.5) is 0 Å². The normalized spacial score (nSPS) is 10.9. The highest BCUT2D eigenvalue weighted by Gasteiger charge is 2.03. The van der Waals surface area contributed by atoms with Crippen LogP contribution in [-0.2, 0) is 12.2 Å². The number of hydrogen-bond donors (Lipinski definition) is 2. The Bertz CT molecular complexity index is 493. The number of aliphatic hydroxyl groups is 1. The lowest BCUT2D eigenvalue weighted by molar-refractivity contribution is 0.284. The minimum absolute atomic E-state index is 0.284. The first-order chi connectivity index (χ1) is 8.36. The molecule has 1 N–H and O–H groups in total. The monoisotopic (exact) mass is 246 g/mol. The van der Waals surface area contributed by atoms with Gasteiger partial charge in [-0.15, -0.1) is 0 Å². The predicted molar refractivity (Wildman–Crippen MR) is 76.7 cm³/mol. The fourth-order valence-corrected chi connectivity index (χ4v) is 2.50. The topological polar surface area (TPSA) is 20.2 Å². The van der Waals surface area contributed by atoms with E-state index in [1.165, 1.54) is 21.9 Å². The third-order valence-corrected chi connectivity index (χ3v) is 3.47. The number of aliphatic hydroxyl groups excluding tert-OH is 1. The Morgan fingerprint density at radius 3 is 2.18 bits per heavy atom. The van der Waals surface area contributed by atoms with Crippen molar-refractivity contribution in [1.82, 2.24) is 0 Å². The molecule has 0 fully saturated rings. The number of fused-ring (bicyclic) bond motifs is 1. The summed E-state index contributed by atoms with van der Waals surface area (Å²) in [5.74, 6) is 0.775. The van der Waals surface area contributed by atoms with Gasteiger partial charge in [0.2, 0.25) is 0 Å². The molecule has 0 saturated heterocycles. The molecule has 0 unspecified atom stereocenters. The number of aryl methyl sites for hydroxylation is 1. The molecule has 2 aromatic carbocycles. The summed E-state index contributed by atoms with van der Waals surface area (Å²) in [4.78, 5) is 0. The molecule has 90 valence electrons. The summed E-state index contributed by atoms with van der Waals surface area (Å²) in [6.45, 7) is 0.284. The lowest BCUT2D eigenvalue weighted by Gasteiger charge is -2.09. The minimum Gasteiger partial charge on any atom is -0.396 e. The first kappa shape index (κ1) is 12.5. The van der Waals surface area contributed by atoms with Gasteiger partial charge in [0.05, 0.1) is 0 Å². The molecular formula is C15H18OS. The lowest BCUT2D eigenvalue weighted by atomic mass is 9.97. The van der Waals surface area contributed by atoms with Gasteiger partial charge >= 0.3 is 0 Å². The average Bonchev–Trinajstić information content (AvgIpc) is 2.38. The van der Waals surface area contributed by atoms with E-state index < -0.39 is 0 Å². The molecule has 0 saturated carbocycles. The van der Waals surface area contributed by atoms with Gasteiger partial charge in [-0.3, -0.25) is 0 Å². The Hall–Kier alpha value is -0.990. The molecule has 0 spiro atoms. The largest absolute Gasteiger partial charge is 0.396 e. The number of thiol groups is 1. The number of benzene rings is 2. The molecule has 0 aliphatic heterocycles. The lowest BCUT2D eigenvalue weighted by Crippen LogP contribution is -1.91. The zero-order valence-corrected chi connectivity index (χ0v) is 10.8. The smallest absolute Gasteiger partial charge is 0.0431 e. The molecular weight excluding hydrogens is 228 g/mol. The highest BCUT2D eigenvalue weighted by molar-refractivity contribution is 7.79. The highest BCUT2D eigenvalue weighted by atomic mass is 32.1. The summed E-state index contributed by atoms with van der Waals surface area (Å²) in [5, 5.41) is 11.5. The van der Waals surface area contributed by atoms with Crippen LogP contribution in [0.25, 0.3) is 10.8 Å². The molecule has 0 bridgehead atoms. The van der Waals surface area contributed by atoms with Crippen molar-refractivity contribution in [2.45, 2.75) is 25.0 Å². The van der Waals surface area contributed by atoms with E-state index in [0.29, 0.717) is 0 Å². The van der Waals surface area contributed by atoms with Crippen molar-refractivity contribution in [2.75, 3.05) is 6.61 Å². The van der Waals surface area contributed by atoms with Crippen LogP contribution in [0.15, 0.2) is 36.4 Å². The van der Waals surface area contributed by atoms with Gasteiger partial charge in [-0.05, 0) is 41.2 Å². The van der Waals surface area contributed by atoms with E-state index in [4.69, 9.17) is 5.11 Å². The molecule has 0 aromatic heterocycles. The first-order valence-electron chi connectivity index (χ1n) is 6.08. The molecule has 1 nitrogen and oxygen atoms in total. The number of rotatable bonds is 5. The maximum atomic E-state index is 8.83. The summed E-state index contributed by atoms with van der Waals surface area (Å²) in [7, 11) is 0. The second-order valence-corrected chi connectivity index (χ2v) is 4.58. The summed E-state index contributed by atoms with van der Waals surface area (Å²) in [5.41, 5.74) is 2.66. The zero-order valence-electron chi connectivity index (χ0n) is 9.89. The van der Waals surface area contributed by atoms with E-state index in [9.17, 15) is 0 Å². The maximum absolute atomic E-state index is 8.83. The van der Waals surface area contributed by atoms with E-state index in [1.54, 1.807) is 0 Å². The first-order valence-corrected chi connectivity index (χ1v) is 6.71. The van der Waals surface area contributed by atoms with E-state index in [0.717, 1.165) is 25.0 Å². The van der Waals surface area contributed by atoms with Crippen LogP contribution in [-0.4, -0.2) is 11.7 Å². The second kappa shape index (κ2) is 6.08. The summed E-state index contributed by atoms with van der Waals surface area (Å²) in [6, 6.07) is 12.9. The van der Waals surface area contributed by atoms with Gasteiger partial charge in [-0.2, -0.15) is 12.6 Å². The summed E-state index contributed by atoms with van der Waals surface area (Å²) >= 11 is 4.37. The van der Waals surface area contributed by atoms with E-state index in [-0.39, 0.29) is 6.61 Å². The van der Waals surface area contributed by atoms with Crippen LogP contribution in [0, 0.1) is 0 Å². The van der Waals surface area contributed by atoms with Gasteiger partial charge in [0.15, 0.2) is 0 Å². The van der Waals surface area contributed by atoms with E-state index in [1.807, 2.05) is 0 Å². The van der Waals surface area contributed by atoms with Crippen LogP contribution < -0.4 is 0 Å². The van der Waals surface area contributed by atoms with Crippen molar-refractivity contribution in [1.29, 1.82) is 0 Å². The highest BCUT2D eigenvalue weighted by Crippen LogP contribution is 2.24. The Morgan fingerprint density at radius 2 is 1.53 bits per heavy atom. The quantitative estimate of drug-likeness (QED) is 0.610. The van der Waals surface area contributed by atoms with Crippen molar-refractivity contribution >= 4 is 23.4 Å². The van der Waals surface area contributed by atoms with Crippen molar-refractivity contribution in [3.05, 3.63) is 47.5 Å². The number of unbranched alkanes of at least 4 members (excludes halogenated alkanes) is 1. The van der Waals surface area contributed by atoms with Crippen molar-refractivity contribution < 1.29 is 5.11 Å². The maximum Gasteiger partial charge on any atom is 0.0431 e. The molecule has 0 aliphatic rings. The molecule has 2 aromatic rings. The third-order valence-electron chi connectivity index (χ3n) is 3.13. The fourth-order valence-electron chi connectivity index (χ4n) is 2.22. The predicted octanol–water partition coefficient (Wildman–Crippen LogP) is 3.58. The Balaban J connectivity index is 2.36. The zero-order chi connectivity index (χ0) is 12.1. The molecule has 17 heavy (non-hydrogen) atoms. The van der Waals surface area contributed by atoms with Gasteiger partial charge in [-0.25, -0.2) is 0 Å². The molecule has 0 atom stereocenters. The Kier molecular flexibility index (Phi) is 4.46. The standard InChI is InChI=1S/C15H18OS/c16-10-2-1-5-12-6-3-9-15-13(11-17)7-4-8-14(12)15/h3-4,6-9,16-17H,1-2,5,10-11H2. The molecule has 2 rings (SSSR count). The Labute approximate surface area is 108 Å². The molecule has 0 heterocycles. The van der Waals surface area contributed by atoms with Crippen molar-refractivity contribution in [3.63, 3.8) is 0 Å². The van der Waals surface area contributed by atoms with Crippen molar-refractivity contribution in [3.8, 4) is 0 Å². The fraction of sp³-hybridized carbons (Fsp3) is 0.333. The molecule has 0 radical (unpaired) electrons. The van der Waals surface area contributed by atoms with Gasteiger partial charge < -0.3 is 5.11 Å². The van der Waals surface area contributed by atoms with E-state index in [2.05, 4.69) is 49.0 Å². The second-order valence-electron chi connectivity index (χ2n) is 4.27.